The van der Waals surface area contributed by atoms with Crippen molar-refractivity contribution in [2.24, 2.45) is 0 Å². The number of rotatable bonds is 20. The lowest BCUT2D eigenvalue weighted by atomic mass is 10.2. The van der Waals surface area contributed by atoms with Gasteiger partial charge in [-0.1, -0.05) is 135 Å². The van der Waals surface area contributed by atoms with E-state index in [-0.39, 0.29) is 0 Å². The molecule has 54 heavy (non-hydrogen) atoms. The van der Waals surface area contributed by atoms with Crippen molar-refractivity contribution < 1.29 is 47.4 Å². The van der Waals surface area contributed by atoms with Crippen LogP contribution in [0.2, 0.25) is 0 Å². The molecule has 0 saturated carbocycles. The maximum Gasteiger partial charge on any atom is 0.145 e. The third-order valence-corrected chi connectivity index (χ3v) is 4.25. The van der Waals surface area contributed by atoms with E-state index in [1.807, 2.05) is 52.0 Å². The third-order valence-electron chi connectivity index (χ3n) is 4.25. The first-order valence-corrected chi connectivity index (χ1v) is 18.4. The van der Waals surface area contributed by atoms with E-state index in [9.17, 15) is 0 Å². The molecule has 0 spiro atoms. The second kappa shape index (κ2) is 125. The standard InChI is InChI=1S/C6H14.C6H8.C5H12.C4H10O2.C4H8O2.2C4H8O.C4H10O.C4H6O.C3H8O2/c2*1-3-5-6-4-2;1-3-5-4-2;2*1-5-3-4-6-2;2*1-3-4-5-2;2*1-3-5-4-2;1-4-3-5-2/h3-6H2,1-2H3;3-6H,1-2H2;3-5H2,1-2H3;3-4H2,1-2H3;3-4H,1-2H3;2*3-4H,1-2H3;3-4H2,1-2H3;3-4H,1-2H2;3H2,1-2H3/b;6-5-;;;3*4-3-;;;. The van der Waals surface area contributed by atoms with Gasteiger partial charge < -0.3 is 47.4 Å². The van der Waals surface area contributed by atoms with Gasteiger partial charge in [-0.3, -0.25) is 0 Å². The van der Waals surface area contributed by atoms with Gasteiger partial charge in [0.25, 0.3) is 0 Å². The fraction of sp³-hybridized carbons (Fsp3) is 0.636. The molecule has 0 saturated heterocycles. The summed E-state index contributed by atoms with van der Waals surface area (Å²) in [4.78, 5) is 0. The number of allylic oxidation sites excluding steroid dienone is 6. The highest BCUT2D eigenvalue weighted by molar-refractivity contribution is 5.05. The summed E-state index contributed by atoms with van der Waals surface area (Å²) in [6, 6.07) is 0. The zero-order valence-corrected chi connectivity index (χ0v) is 38.3. The van der Waals surface area contributed by atoms with Crippen molar-refractivity contribution in [3.05, 3.63) is 100 Å². The van der Waals surface area contributed by atoms with Crippen molar-refractivity contribution in [1.29, 1.82) is 0 Å². The fourth-order valence-corrected chi connectivity index (χ4v) is 1.95. The maximum absolute atomic E-state index is 4.83. The topological polar surface area (TPSA) is 92.3 Å². The van der Waals surface area contributed by atoms with Crippen LogP contribution in [0.3, 0.4) is 0 Å². The van der Waals surface area contributed by atoms with E-state index in [1.54, 1.807) is 81.6 Å². The van der Waals surface area contributed by atoms with Gasteiger partial charge in [0.2, 0.25) is 0 Å². The van der Waals surface area contributed by atoms with Crippen LogP contribution in [0, 0.1) is 0 Å². The normalized spacial score (nSPS) is 8.52. The van der Waals surface area contributed by atoms with Crippen molar-refractivity contribution in [2.45, 2.75) is 100 Å². The summed E-state index contributed by atoms with van der Waals surface area (Å²) in [5, 5.41) is 0. The van der Waals surface area contributed by atoms with Gasteiger partial charge in [0.15, 0.2) is 0 Å². The zero-order valence-electron chi connectivity index (χ0n) is 38.3. The quantitative estimate of drug-likeness (QED) is 0.0514. The Morgan fingerprint density at radius 1 is 0.426 bits per heavy atom. The lowest BCUT2D eigenvalue weighted by Crippen LogP contribution is -1.96. The summed E-state index contributed by atoms with van der Waals surface area (Å²) < 4.78 is 45.4. The molecule has 0 aliphatic carbocycles. The lowest BCUT2D eigenvalue weighted by Gasteiger charge is -1.91. The van der Waals surface area contributed by atoms with Gasteiger partial charge in [-0.2, -0.15) is 0 Å². The largest absolute Gasteiger partial charge is 0.505 e. The predicted molar refractivity (Wildman–Crippen MR) is 238 cm³/mol. The molecule has 0 rings (SSSR count). The Bertz CT molecular complexity index is 565. The highest BCUT2D eigenvalue weighted by atomic mass is 16.6. The molecule has 0 bridgehead atoms. The van der Waals surface area contributed by atoms with Crippen LogP contribution in [0.25, 0.3) is 0 Å². The van der Waals surface area contributed by atoms with Crippen molar-refractivity contribution in [1.82, 2.24) is 0 Å². The van der Waals surface area contributed by atoms with Gasteiger partial charge in [-0.05, 0) is 27.7 Å². The number of hydrogen-bond acceptors (Lipinski definition) is 10. The van der Waals surface area contributed by atoms with Gasteiger partial charge in [-0.15, -0.1) is 0 Å². The van der Waals surface area contributed by atoms with Gasteiger partial charge in [0.05, 0.1) is 66.7 Å². The Labute approximate surface area is 337 Å². The molecule has 0 radical (unpaired) electrons. The summed E-state index contributed by atoms with van der Waals surface area (Å²) in [5.41, 5.74) is 0. The fourth-order valence-electron chi connectivity index (χ4n) is 1.95. The SMILES string of the molecule is C/C=C\OC.C/C=C\OC.C=C/C=C\C=C.C=COC=C.CCCCC.CCCCCC.CCOCC.CO/C=C\OC.COCCOC.COCOC. The molecule has 10 heteroatoms. The summed E-state index contributed by atoms with van der Waals surface area (Å²) in [7, 11) is 12.9. The van der Waals surface area contributed by atoms with Crippen LogP contribution < -0.4 is 0 Å². The lowest BCUT2D eigenvalue weighted by molar-refractivity contribution is -0.00272. The number of unbranched alkanes of at least 4 members (excludes halogenated alkanes) is 5. The molecule has 0 aromatic carbocycles. The number of hydrogen-bond donors (Lipinski definition) is 0. The molecule has 0 N–H and O–H groups in total. The van der Waals surface area contributed by atoms with Crippen LogP contribution in [0.1, 0.15) is 100 Å². The number of methoxy groups -OCH3 is 8. The zero-order chi connectivity index (χ0) is 44.0. The van der Waals surface area contributed by atoms with Crippen LogP contribution in [0.5, 0.6) is 0 Å². The van der Waals surface area contributed by atoms with E-state index < -0.39 is 0 Å². The van der Waals surface area contributed by atoms with Crippen LogP contribution in [0.4, 0.5) is 0 Å². The van der Waals surface area contributed by atoms with Crippen molar-refractivity contribution in [3.8, 4) is 0 Å². The highest BCUT2D eigenvalue weighted by Gasteiger charge is 1.75. The summed E-state index contributed by atoms with van der Waals surface area (Å²) >= 11 is 0. The van der Waals surface area contributed by atoms with Crippen LogP contribution >= 0.6 is 0 Å². The molecular formula is C44H92O10. The minimum absolute atomic E-state index is 0.389. The van der Waals surface area contributed by atoms with Gasteiger partial charge in [0.1, 0.15) is 19.3 Å². The molecule has 0 aromatic heterocycles. The Hall–Kier alpha value is -3.28. The van der Waals surface area contributed by atoms with E-state index in [0.29, 0.717) is 20.0 Å². The molecule has 0 aliphatic rings. The summed E-state index contributed by atoms with van der Waals surface area (Å²) in [5.74, 6) is 0. The van der Waals surface area contributed by atoms with E-state index in [4.69, 9.17) is 4.74 Å². The maximum atomic E-state index is 4.83. The average Bonchev–Trinajstić information content (AvgIpc) is 3.19. The van der Waals surface area contributed by atoms with E-state index in [0.717, 1.165) is 13.2 Å². The Kier molecular flexibility index (Phi) is 175. The van der Waals surface area contributed by atoms with Crippen LogP contribution in [-0.4, -0.2) is 90.1 Å². The van der Waals surface area contributed by atoms with Gasteiger partial charge >= 0.3 is 0 Å². The summed E-state index contributed by atoms with van der Waals surface area (Å²) in [6.07, 6.45) is 29.1. The highest BCUT2D eigenvalue weighted by Crippen LogP contribution is 1.95. The third kappa shape index (κ3) is 258. The van der Waals surface area contributed by atoms with Crippen LogP contribution in [-0.2, 0) is 47.4 Å². The number of ether oxygens (including phenoxy) is 10. The molecule has 0 heterocycles. The monoisotopic (exact) mass is 781 g/mol. The molecule has 0 unspecified atom stereocenters. The van der Waals surface area contributed by atoms with E-state index in [2.05, 4.69) is 96.6 Å². The molecule has 0 amide bonds. The first-order chi connectivity index (χ1) is 26.1. The Morgan fingerprint density at radius 2 is 0.741 bits per heavy atom. The summed E-state index contributed by atoms with van der Waals surface area (Å²) in [6.45, 7) is 33.6. The van der Waals surface area contributed by atoms with Crippen molar-refractivity contribution in [2.75, 3.05) is 90.1 Å². The molecule has 0 aromatic rings. The average molecular weight is 781 g/mol. The van der Waals surface area contributed by atoms with Crippen molar-refractivity contribution in [3.63, 3.8) is 0 Å². The molecular weight excluding hydrogens is 688 g/mol. The molecule has 0 atom stereocenters. The van der Waals surface area contributed by atoms with E-state index >= 15 is 0 Å². The van der Waals surface area contributed by atoms with Crippen LogP contribution in [0.15, 0.2) is 100 Å². The van der Waals surface area contributed by atoms with Crippen molar-refractivity contribution >= 4 is 0 Å². The minimum atomic E-state index is 0.389. The second-order valence-corrected chi connectivity index (χ2v) is 9.00. The van der Waals surface area contributed by atoms with Gasteiger partial charge in [0, 0.05) is 41.7 Å². The molecule has 0 fully saturated rings. The molecule has 0 aliphatic heterocycles. The molecule has 328 valence electrons. The Balaban J connectivity index is -0.0000000499. The van der Waals surface area contributed by atoms with E-state index in [1.165, 1.54) is 70.0 Å². The predicted octanol–water partition coefficient (Wildman–Crippen LogP) is 12.6. The Morgan fingerprint density at radius 3 is 0.815 bits per heavy atom. The molecule has 10 nitrogen and oxygen atoms in total. The smallest absolute Gasteiger partial charge is 0.145 e. The first-order valence-electron chi connectivity index (χ1n) is 18.4. The second-order valence-electron chi connectivity index (χ2n) is 9.00. The minimum Gasteiger partial charge on any atom is -0.505 e. The van der Waals surface area contributed by atoms with Gasteiger partial charge in [-0.25, -0.2) is 0 Å². The first kappa shape index (κ1) is 75.6.